The van der Waals surface area contributed by atoms with E-state index in [0.29, 0.717) is 0 Å². The first kappa shape index (κ1) is 17.3. The second-order valence-electron chi connectivity index (χ2n) is 6.38. The summed E-state index contributed by atoms with van der Waals surface area (Å²) in [6.45, 7) is 5.36. The highest BCUT2D eigenvalue weighted by Crippen LogP contribution is 2.24. The molecule has 0 radical (unpaired) electrons. The smallest absolute Gasteiger partial charge is 0.230 e. The van der Waals surface area contributed by atoms with Crippen LogP contribution >= 0.6 is 0 Å². The van der Waals surface area contributed by atoms with Crippen molar-refractivity contribution in [2.45, 2.75) is 19.3 Å². The van der Waals surface area contributed by atoms with Crippen molar-refractivity contribution < 1.29 is 9.53 Å². The number of benzene rings is 2. The summed E-state index contributed by atoms with van der Waals surface area (Å²) in [5, 5.41) is 0. The highest BCUT2D eigenvalue weighted by molar-refractivity contribution is 5.84. The van der Waals surface area contributed by atoms with Crippen LogP contribution in [0.5, 0.6) is 5.75 Å². The van der Waals surface area contributed by atoms with Crippen molar-refractivity contribution in [3.63, 3.8) is 0 Å². The monoisotopic (exact) mass is 338 g/mol. The highest BCUT2D eigenvalue weighted by atomic mass is 16.5. The van der Waals surface area contributed by atoms with Gasteiger partial charge in [0.15, 0.2) is 0 Å². The molecule has 0 saturated carbocycles. The lowest BCUT2D eigenvalue weighted by Gasteiger charge is -2.37. The van der Waals surface area contributed by atoms with Gasteiger partial charge in [-0.3, -0.25) is 4.79 Å². The van der Waals surface area contributed by atoms with Crippen LogP contribution in [0, 0.1) is 0 Å². The molecule has 0 aliphatic carbocycles. The Morgan fingerprint density at radius 1 is 1.00 bits per heavy atom. The van der Waals surface area contributed by atoms with E-state index in [-0.39, 0.29) is 11.8 Å². The number of rotatable bonds is 5. The van der Waals surface area contributed by atoms with Gasteiger partial charge in [-0.25, -0.2) is 0 Å². The molecular formula is C21H26N2O2. The molecule has 1 heterocycles. The number of amides is 1. The Morgan fingerprint density at radius 2 is 1.64 bits per heavy atom. The molecule has 0 spiro atoms. The summed E-state index contributed by atoms with van der Waals surface area (Å²) in [7, 11) is 1.68. The van der Waals surface area contributed by atoms with Crippen LogP contribution in [0.4, 0.5) is 5.69 Å². The van der Waals surface area contributed by atoms with Gasteiger partial charge in [0.05, 0.1) is 13.0 Å². The Bertz CT molecular complexity index is 677. The van der Waals surface area contributed by atoms with E-state index in [1.54, 1.807) is 7.11 Å². The number of piperazine rings is 1. The van der Waals surface area contributed by atoms with Crippen molar-refractivity contribution in [3.05, 3.63) is 60.2 Å². The summed E-state index contributed by atoms with van der Waals surface area (Å²) in [4.78, 5) is 17.3. The van der Waals surface area contributed by atoms with Crippen LogP contribution in [-0.4, -0.2) is 44.1 Å². The first-order valence-electron chi connectivity index (χ1n) is 8.95. The van der Waals surface area contributed by atoms with E-state index in [9.17, 15) is 4.79 Å². The standard InChI is InChI=1S/C21H26N2O2/c1-3-20(17-7-5-4-6-8-17)21(24)23-15-13-22(14-16-23)18-9-11-19(25-2)12-10-18/h4-12,20H,3,13-16H2,1-2H3/t20-/m1/s1. The molecule has 1 aliphatic heterocycles. The molecule has 0 aromatic heterocycles. The van der Waals surface area contributed by atoms with Gasteiger partial charge in [-0.15, -0.1) is 0 Å². The molecule has 1 atom stereocenters. The molecule has 0 N–H and O–H groups in total. The van der Waals surface area contributed by atoms with Gasteiger partial charge in [-0.05, 0) is 36.2 Å². The van der Waals surface area contributed by atoms with E-state index in [2.05, 4.69) is 36.1 Å². The van der Waals surface area contributed by atoms with Crippen molar-refractivity contribution in [3.8, 4) is 5.75 Å². The summed E-state index contributed by atoms with van der Waals surface area (Å²) in [6.07, 6.45) is 0.835. The minimum Gasteiger partial charge on any atom is -0.497 e. The van der Waals surface area contributed by atoms with E-state index in [0.717, 1.165) is 43.9 Å². The van der Waals surface area contributed by atoms with Crippen LogP contribution in [0.1, 0.15) is 24.8 Å². The topological polar surface area (TPSA) is 32.8 Å². The third-order valence-corrected chi connectivity index (χ3v) is 4.94. The van der Waals surface area contributed by atoms with Gasteiger partial charge in [0.1, 0.15) is 5.75 Å². The zero-order chi connectivity index (χ0) is 17.6. The summed E-state index contributed by atoms with van der Waals surface area (Å²) >= 11 is 0. The Balaban J connectivity index is 1.62. The number of anilines is 1. The van der Waals surface area contributed by atoms with Gasteiger partial charge in [0.25, 0.3) is 0 Å². The van der Waals surface area contributed by atoms with Gasteiger partial charge < -0.3 is 14.5 Å². The lowest BCUT2D eigenvalue weighted by molar-refractivity contribution is -0.133. The molecule has 1 aliphatic rings. The SMILES string of the molecule is CC[C@@H](C(=O)N1CCN(c2ccc(OC)cc2)CC1)c1ccccc1. The molecule has 4 heteroatoms. The molecule has 1 amide bonds. The van der Waals surface area contributed by atoms with Gasteiger partial charge >= 0.3 is 0 Å². The summed E-state index contributed by atoms with van der Waals surface area (Å²) < 4.78 is 5.21. The maximum absolute atomic E-state index is 12.9. The van der Waals surface area contributed by atoms with Crippen molar-refractivity contribution in [1.82, 2.24) is 4.90 Å². The third-order valence-electron chi connectivity index (χ3n) is 4.94. The lowest BCUT2D eigenvalue weighted by atomic mass is 9.95. The number of hydrogen-bond acceptors (Lipinski definition) is 3. The van der Waals surface area contributed by atoms with E-state index < -0.39 is 0 Å². The molecule has 4 nitrogen and oxygen atoms in total. The van der Waals surface area contributed by atoms with Crippen molar-refractivity contribution in [2.24, 2.45) is 0 Å². The first-order valence-corrected chi connectivity index (χ1v) is 8.95. The minimum atomic E-state index is -0.0336. The van der Waals surface area contributed by atoms with E-state index >= 15 is 0 Å². The van der Waals surface area contributed by atoms with E-state index in [4.69, 9.17) is 4.74 Å². The average molecular weight is 338 g/mol. The van der Waals surface area contributed by atoms with Gasteiger partial charge in [0, 0.05) is 31.9 Å². The van der Waals surface area contributed by atoms with Crippen molar-refractivity contribution in [2.75, 3.05) is 38.2 Å². The number of nitrogens with zero attached hydrogens (tertiary/aromatic N) is 2. The van der Waals surface area contributed by atoms with E-state index in [1.807, 2.05) is 35.2 Å². The summed E-state index contributed by atoms with van der Waals surface area (Å²) in [6, 6.07) is 18.2. The minimum absolute atomic E-state index is 0.0336. The maximum atomic E-state index is 12.9. The Morgan fingerprint density at radius 3 is 2.20 bits per heavy atom. The molecule has 132 valence electrons. The molecule has 3 rings (SSSR count). The fraction of sp³-hybridized carbons (Fsp3) is 0.381. The third kappa shape index (κ3) is 3.95. The Hall–Kier alpha value is -2.49. The fourth-order valence-corrected chi connectivity index (χ4v) is 3.44. The van der Waals surface area contributed by atoms with Crippen molar-refractivity contribution in [1.29, 1.82) is 0 Å². The number of hydrogen-bond donors (Lipinski definition) is 0. The van der Waals surface area contributed by atoms with Crippen LogP contribution in [-0.2, 0) is 4.79 Å². The van der Waals surface area contributed by atoms with Crippen LogP contribution < -0.4 is 9.64 Å². The maximum Gasteiger partial charge on any atom is 0.230 e. The molecule has 1 fully saturated rings. The first-order chi connectivity index (χ1) is 12.2. The summed E-state index contributed by atoms with van der Waals surface area (Å²) in [5.41, 5.74) is 2.30. The second-order valence-corrected chi connectivity index (χ2v) is 6.38. The fourth-order valence-electron chi connectivity index (χ4n) is 3.44. The number of carbonyl (C=O) groups is 1. The molecule has 2 aromatic carbocycles. The zero-order valence-corrected chi connectivity index (χ0v) is 15.0. The Labute approximate surface area is 150 Å². The highest BCUT2D eigenvalue weighted by Gasteiger charge is 2.27. The van der Waals surface area contributed by atoms with Crippen LogP contribution in [0.2, 0.25) is 0 Å². The number of ether oxygens (including phenoxy) is 1. The van der Waals surface area contributed by atoms with Crippen LogP contribution in [0.3, 0.4) is 0 Å². The largest absolute Gasteiger partial charge is 0.497 e. The quantitative estimate of drug-likeness (QED) is 0.836. The normalized spacial score (nSPS) is 15.8. The van der Waals surface area contributed by atoms with Gasteiger partial charge in [-0.1, -0.05) is 37.3 Å². The average Bonchev–Trinajstić information content (AvgIpc) is 2.69. The Kier molecular flexibility index (Phi) is 5.59. The lowest BCUT2D eigenvalue weighted by Crippen LogP contribution is -2.50. The van der Waals surface area contributed by atoms with Crippen LogP contribution in [0.15, 0.2) is 54.6 Å². The number of methoxy groups -OCH3 is 1. The molecule has 0 unspecified atom stereocenters. The van der Waals surface area contributed by atoms with Crippen LogP contribution in [0.25, 0.3) is 0 Å². The molecule has 25 heavy (non-hydrogen) atoms. The zero-order valence-electron chi connectivity index (χ0n) is 15.0. The summed E-state index contributed by atoms with van der Waals surface area (Å²) in [5.74, 6) is 1.09. The molecule has 2 aromatic rings. The van der Waals surface area contributed by atoms with Gasteiger partial charge in [0.2, 0.25) is 5.91 Å². The van der Waals surface area contributed by atoms with Gasteiger partial charge in [-0.2, -0.15) is 0 Å². The van der Waals surface area contributed by atoms with E-state index in [1.165, 1.54) is 5.69 Å². The molecule has 0 bridgehead atoms. The predicted octanol–water partition coefficient (Wildman–Crippen LogP) is 3.54. The second kappa shape index (κ2) is 8.06. The number of carbonyl (C=O) groups excluding carboxylic acids is 1. The molecule has 1 saturated heterocycles. The van der Waals surface area contributed by atoms with Crippen molar-refractivity contribution >= 4 is 11.6 Å². The predicted molar refractivity (Wildman–Crippen MR) is 101 cm³/mol. The molecular weight excluding hydrogens is 312 g/mol.